The minimum Gasteiger partial charge on any atom is -0.512 e. The molecule has 4 nitrogen and oxygen atoms in total. The van der Waals surface area contributed by atoms with E-state index in [9.17, 15) is 4.79 Å². The summed E-state index contributed by atoms with van der Waals surface area (Å²) in [5.41, 5.74) is 0.382. The van der Waals surface area contributed by atoms with E-state index in [2.05, 4.69) is 16.5 Å². The molecule has 1 rings (SSSR count). The van der Waals surface area contributed by atoms with E-state index in [1.165, 1.54) is 18.7 Å². The number of nitrogens with zero attached hydrogens (tertiary/aromatic N) is 2. The number of aromatic nitrogens is 2. The summed E-state index contributed by atoms with van der Waals surface area (Å²) in [5, 5.41) is 8.73. The van der Waals surface area contributed by atoms with Crippen LogP contribution in [0.25, 0.3) is 0 Å². The van der Waals surface area contributed by atoms with Crippen molar-refractivity contribution in [2.45, 2.75) is 6.42 Å². The monoisotopic (exact) mass is 164 g/mol. The van der Waals surface area contributed by atoms with Crippen molar-refractivity contribution in [3.8, 4) is 0 Å². The molecule has 1 aromatic heterocycles. The number of carbonyl (C=O) groups is 1. The highest BCUT2D eigenvalue weighted by molar-refractivity contribution is 5.96. The molecule has 12 heavy (non-hydrogen) atoms. The number of hydrogen-bond donors (Lipinski definition) is 1. The van der Waals surface area contributed by atoms with Crippen LogP contribution in [0.1, 0.15) is 16.8 Å². The van der Waals surface area contributed by atoms with Crippen LogP contribution in [0.2, 0.25) is 0 Å². The van der Waals surface area contributed by atoms with E-state index < -0.39 is 0 Å². The molecule has 0 aliphatic rings. The molecule has 0 radical (unpaired) electrons. The van der Waals surface area contributed by atoms with Gasteiger partial charge in [0.15, 0.2) is 5.78 Å². The summed E-state index contributed by atoms with van der Waals surface area (Å²) in [6.07, 6.45) is 4.06. The second-order valence-electron chi connectivity index (χ2n) is 2.29. The van der Waals surface area contributed by atoms with Gasteiger partial charge in [-0.05, 0) is 0 Å². The lowest BCUT2D eigenvalue weighted by atomic mass is 10.1. The number of aliphatic hydroxyl groups excluding tert-OH is 1. The average Bonchev–Trinajstić information content (AvgIpc) is 2.05. The van der Waals surface area contributed by atoms with Crippen molar-refractivity contribution in [2.24, 2.45) is 0 Å². The minimum absolute atomic E-state index is 0.0760. The first-order valence-corrected chi connectivity index (χ1v) is 3.35. The summed E-state index contributed by atoms with van der Waals surface area (Å²) in [4.78, 5) is 18.5. The zero-order valence-corrected chi connectivity index (χ0v) is 6.40. The normalized spacial score (nSPS) is 9.33. The predicted molar refractivity (Wildman–Crippen MR) is 42.7 cm³/mol. The average molecular weight is 164 g/mol. The molecule has 0 fully saturated rings. The van der Waals surface area contributed by atoms with Crippen LogP contribution in [0.3, 0.4) is 0 Å². The highest BCUT2D eigenvalue weighted by Gasteiger charge is 2.06. The van der Waals surface area contributed by atoms with Crippen LogP contribution in [0.4, 0.5) is 0 Å². The Labute approximate surface area is 69.6 Å². The van der Waals surface area contributed by atoms with E-state index in [-0.39, 0.29) is 18.0 Å². The number of hydrogen-bond acceptors (Lipinski definition) is 4. The van der Waals surface area contributed by atoms with Crippen molar-refractivity contribution in [1.82, 2.24) is 9.97 Å². The number of Topliss-reactive ketones (excluding diaryl/α,β-unsaturated/α-hetero) is 1. The van der Waals surface area contributed by atoms with Crippen molar-refractivity contribution in [2.75, 3.05) is 0 Å². The fourth-order valence-electron chi connectivity index (χ4n) is 0.730. The molecule has 0 saturated carbocycles. The first-order chi connectivity index (χ1) is 5.70. The van der Waals surface area contributed by atoms with Gasteiger partial charge in [0.1, 0.15) is 6.33 Å². The van der Waals surface area contributed by atoms with Crippen molar-refractivity contribution < 1.29 is 9.90 Å². The number of rotatable bonds is 3. The highest BCUT2D eigenvalue weighted by atomic mass is 16.3. The van der Waals surface area contributed by atoms with E-state index in [0.717, 1.165) is 0 Å². The molecule has 0 unspecified atom stereocenters. The smallest absolute Gasteiger partial charge is 0.173 e. The summed E-state index contributed by atoms with van der Waals surface area (Å²) in [6.45, 7) is 3.21. The van der Waals surface area contributed by atoms with Gasteiger partial charge in [-0.15, -0.1) is 0 Å². The molecule has 1 aromatic rings. The third kappa shape index (κ3) is 2.16. The SMILES string of the molecule is C=C(O)CC(=O)c1cncnc1. The number of ketones is 1. The van der Waals surface area contributed by atoms with Crippen LogP contribution >= 0.6 is 0 Å². The molecule has 0 atom stereocenters. The van der Waals surface area contributed by atoms with Gasteiger partial charge in [-0.25, -0.2) is 9.97 Å². The lowest BCUT2D eigenvalue weighted by Gasteiger charge is -1.96. The van der Waals surface area contributed by atoms with E-state index >= 15 is 0 Å². The van der Waals surface area contributed by atoms with Crippen molar-refractivity contribution >= 4 is 5.78 Å². The van der Waals surface area contributed by atoms with Crippen LogP contribution in [0.15, 0.2) is 31.1 Å². The zero-order chi connectivity index (χ0) is 8.97. The number of aliphatic hydroxyl groups is 1. The Balaban J connectivity index is 2.73. The maximum Gasteiger partial charge on any atom is 0.173 e. The molecule has 1 heterocycles. The van der Waals surface area contributed by atoms with Gasteiger partial charge in [0, 0.05) is 12.4 Å². The van der Waals surface area contributed by atoms with Crippen LogP contribution in [-0.2, 0) is 0 Å². The highest BCUT2D eigenvalue weighted by Crippen LogP contribution is 2.02. The summed E-state index contributed by atoms with van der Waals surface area (Å²) in [6, 6.07) is 0. The predicted octanol–water partition coefficient (Wildman–Crippen LogP) is 1.12. The van der Waals surface area contributed by atoms with E-state index in [0.29, 0.717) is 5.56 Å². The van der Waals surface area contributed by atoms with Crippen molar-refractivity contribution in [3.63, 3.8) is 0 Å². The van der Waals surface area contributed by atoms with E-state index in [1.807, 2.05) is 0 Å². The van der Waals surface area contributed by atoms with Gasteiger partial charge in [0.25, 0.3) is 0 Å². The van der Waals surface area contributed by atoms with Crippen LogP contribution in [0, 0.1) is 0 Å². The number of carbonyl (C=O) groups excluding carboxylic acids is 1. The van der Waals surface area contributed by atoms with Crippen LogP contribution < -0.4 is 0 Å². The largest absolute Gasteiger partial charge is 0.512 e. The Kier molecular flexibility index (Phi) is 2.53. The molecule has 0 aliphatic heterocycles. The van der Waals surface area contributed by atoms with Gasteiger partial charge >= 0.3 is 0 Å². The zero-order valence-electron chi connectivity index (χ0n) is 6.40. The molecule has 0 saturated heterocycles. The molecule has 1 N–H and O–H groups in total. The quantitative estimate of drug-likeness (QED) is 0.537. The molecular weight excluding hydrogens is 156 g/mol. The van der Waals surface area contributed by atoms with E-state index in [4.69, 9.17) is 5.11 Å². The van der Waals surface area contributed by atoms with Crippen molar-refractivity contribution in [1.29, 1.82) is 0 Å². The van der Waals surface area contributed by atoms with Gasteiger partial charge in [-0.3, -0.25) is 4.79 Å². The molecule has 0 aliphatic carbocycles. The summed E-state index contributed by atoms with van der Waals surface area (Å²) in [5.74, 6) is -0.382. The van der Waals surface area contributed by atoms with Gasteiger partial charge < -0.3 is 5.11 Å². The third-order valence-electron chi connectivity index (χ3n) is 1.25. The second-order valence-corrected chi connectivity index (χ2v) is 2.29. The third-order valence-corrected chi connectivity index (χ3v) is 1.25. The Bertz CT molecular complexity index is 295. The fourth-order valence-corrected chi connectivity index (χ4v) is 0.730. The van der Waals surface area contributed by atoms with Crippen LogP contribution in [-0.4, -0.2) is 20.9 Å². The fraction of sp³-hybridized carbons (Fsp3) is 0.125. The van der Waals surface area contributed by atoms with Gasteiger partial charge in [0.2, 0.25) is 0 Å². The first kappa shape index (κ1) is 8.39. The first-order valence-electron chi connectivity index (χ1n) is 3.35. The maximum atomic E-state index is 11.2. The van der Waals surface area contributed by atoms with Crippen molar-refractivity contribution in [3.05, 3.63) is 36.6 Å². The Hall–Kier alpha value is -1.71. The maximum absolute atomic E-state index is 11.2. The van der Waals surface area contributed by atoms with Gasteiger partial charge in [-0.2, -0.15) is 0 Å². The topological polar surface area (TPSA) is 63.1 Å². The lowest BCUT2D eigenvalue weighted by molar-refractivity contribution is 0.0980. The summed E-state index contributed by atoms with van der Waals surface area (Å²) >= 11 is 0. The molecule has 0 bridgehead atoms. The summed E-state index contributed by atoms with van der Waals surface area (Å²) < 4.78 is 0. The molecule has 4 heteroatoms. The molecule has 0 spiro atoms. The number of allylic oxidation sites excluding steroid dienone is 1. The second kappa shape index (κ2) is 3.61. The lowest BCUT2D eigenvalue weighted by Crippen LogP contribution is -2.01. The Morgan fingerprint density at radius 1 is 1.50 bits per heavy atom. The minimum atomic E-state index is -0.233. The molecule has 0 aromatic carbocycles. The Morgan fingerprint density at radius 3 is 2.58 bits per heavy atom. The van der Waals surface area contributed by atoms with Crippen LogP contribution in [0.5, 0.6) is 0 Å². The molecular formula is C8H8N2O2. The Morgan fingerprint density at radius 2 is 2.08 bits per heavy atom. The molecule has 0 amide bonds. The van der Waals surface area contributed by atoms with Gasteiger partial charge in [0.05, 0.1) is 17.7 Å². The molecule has 62 valence electrons. The van der Waals surface area contributed by atoms with E-state index in [1.54, 1.807) is 0 Å². The standard InChI is InChI=1S/C8H8N2O2/c1-6(11)2-8(12)7-3-9-5-10-4-7/h3-5,11H,1-2H2. The van der Waals surface area contributed by atoms with Gasteiger partial charge in [-0.1, -0.05) is 6.58 Å². The summed E-state index contributed by atoms with van der Waals surface area (Å²) in [7, 11) is 0.